The number of fused-ring (bicyclic) bond motifs is 1. The first-order valence-corrected chi connectivity index (χ1v) is 10.5. The molecule has 0 aromatic heterocycles. The lowest BCUT2D eigenvalue weighted by Gasteiger charge is -2.40. The lowest BCUT2D eigenvalue weighted by atomic mass is 9.87. The number of ether oxygens (including phenoxy) is 2. The van der Waals surface area contributed by atoms with Gasteiger partial charge in [0.25, 0.3) is 0 Å². The Morgan fingerprint density at radius 2 is 1.57 bits per heavy atom. The Labute approximate surface area is 169 Å². The SMILES string of the molecule is CCCCN(CCCC)C(C)(C(=O)OCC)c1ccc2cc(OC)ccc2c1. The van der Waals surface area contributed by atoms with Crippen molar-refractivity contribution in [1.29, 1.82) is 0 Å². The van der Waals surface area contributed by atoms with Gasteiger partial charge in [0, 0.05) is 0 Å². The van der Waals surface area contributed by atoms with Gasteiger partial charge in [-0.25, -0.2) is 4.79 Å². The number of methoxy groups -OCH3 is 1. The van der Waals surface area contributed by atoms with Crippen LogP contribution in [0.4, 0.5) is 0 Å². The topological polar surface area (TPSA) is 38.8 Å². The van der Waals surface area contributed by atoms with Crippen molar-refractivity contribution in [2.45, 2.75) is 58.9 Å². The standard InChI is InChI=1S/C24H35NO3/c1-6-9-15-25(16-10-7-2)24(4,23(26)28-8-3)21-13-11-20-18-22(27-5)14-12-19(20)17-21/h11-14,17-18H,6-10,15-16H2,1-5H3. The van der Waals surface area contributed by atoms with E-state index in [2.05, 4.69) is 36.9 Å². The van der Waals surface area contributed by atoms with Gasteiger partial charge in [0.15, 0.2) is 0 Å². The van der Waals surface area contributed by atoms with Gasteiger partial charge >= 0.3 is 5.97 Å². The van der Waals surface area contributed by atoms with E-state index in [0.29, 0.717) is 6.61 Å². The Hall–Kier alpha value is -2.07. The van der Waals surface area contributed by atoms with Gasteiger partial charge in [0.2, 0.25) is 0 Å². The lowest BCUT2D eigenvalue weighted by molar-refractivity contribution is -0.158. The monoisotopic (exact) mass is 385 g/mol. The van der Waals surface area contributed by atoms with Crippen LogP contribution in [0.2, 0.25) is 0 Å². The Kier molecular flexibility index (Phi) is 8.31. The number of rotatable bonds is 11. The Morgan fingerprint density at radius 1 is 0.964 bits per heavy atom. The van der Waals surface area contributed by atoms with E-state index in [4.69, 9.17) is 9.47 Å². The number of esters is 1. The van der Waals surface area contributed by atoms with E-state index in [0.717, 1.165) is 60.9 Å². The number of hydrogen-bond donors (Lipinski definition) is 0. The summed E-state index contributed by atoms with van der Waals surface area (Å²) in [5, 5.41) is 2.20. The maximum atomic E-state index is 13.2. The second-order valence-corrected chi connectivity index (χ2v) is 7.41. The molecule has 1 atom stereocenters. The number of carbonyl (C=O) groups is 1. The van der Waals surface area contributed by atoms with Crippen LogP contribution in [0.3, 0.4) is 0 Å². The Bertz CT molecular complexity index is 766. The van der Waals surface area contributed by atoms with Crippen LogP contribution in [0.15, 0.2) is 36.4 Å². The molecule has 0 heterocycles. The molecule has 0 bridgehead atoms. The normalized spacial score (nSPS) is 13.5. The predicted molar refractivity (Wildman–Crippen MR) is 116 cm³/mol. The summed E-state index contributed by atoms with van der Waals surface area (Å²) in [7, 11) is 1.67. The first-order chi connectivity index (χ1) is 13.5. The summed E-state index contributed by atoms with van der Waals surface area (Å²) < 4.78 is 10.9. The molecule has 2 aromatic carbocycles. The summed E-state index contributed by atoms with van der Waals surface area (Å²) >= 11 is 0. The molecule has 0 N–H and O–H groups in total. The molecule has 154 valence electrons. The van der Waals surface area contributed by atoms with Crippen molar-refractivity contribution in [2.24, 2.45) is 0 Å². The van der Waals surface area contributed by atoms with Gasteiger partial charge in [-0.05, 0) is 74.3 Å². The molecule has 2 rings (SSSR count). The van der Waals surface area contributed by atoms with Crippen molar-refractivity contribution in [2.75, 3.05) is 26.8 Å². The molecule has 0 aliphatic heterocycles. The zero-order chi connectivity index (χ0) is 20.6. The second-order valence-electron chi connectivity index (χ2n) is 7.41. The highest BCUT2D eigenvalue weighted by atomic mass is 16.5. The summed E-state index contributed by atoms with van der Waals surface area (Å²) in [4.78, 5) is 15.5. The highest BCUT2D eigenvalue weighted by molar-refractivity contribution is 5.88. The molecule has 1 unspecified atom stereocenters. The minimum Gasteiger partial charge on any atom is -0.497 e. The molecule has 0 amide bonds. The fraction of sp³-hybridized carbons (Fsp3) is 0.542. The van der Waals surface area contributed by atoms with Gasteiger partial charge in [0.05, 0.1) is 13.7 Å². The smallest absolute Gasteiger partial charge is 0.330 e. The summed E-state index contributed by atoms with van der Waals surface area (Å²) in [6.07, 6.45) is 4.31. The van der Waals surface area contributed by atoms with E-state index in [1.165, 1.54) is 0 Å². The van der Waals surface area contributed by atoms with Crippen LogP contribution in [-0.2, 0) is 15.1 Å². The quantitative estimate of drug-likeness (QED) is 0.477. The van der Waals surface area contributed by atoms with E-state index >= 15 is 0 Å². The van der Waals surface area contributed by atoms with E-state index in [9.17, 15) is 4.79 Å². The number of hydrogen-bond acceptors (Lipinski definition) is 4. The van der Waals surface area contributed by atoms with Crippen molar-refractivity contribution in [3.05, 3.63) is 42.0 Å². The molecule has 0 saturated carbocycles. The number of nitrogens with zero attached hydrogens (tertiary/aromatic N) is 1. The molecular formula is C24H35NO3. The number of unbranched alkanes of at least 4 members (excludes halogenated alkanes) is 2. The third kappa shape index (κ3) is 4.85. The Morgan fingerprint density at radius 3 is 2.14 bits per heavy atom. The first-order valence-electron chi connectivity index (χ1n) is 10.5. The highest BCUT2D eigenvalue weighted by Crippen LogP contribution is 2.34. The van der Waals surface area contributed by atoms with E-state index < -0.39 is 5.54 Å². The second kappa shape index (κ2) is 10.5. The molecule has 0 saturated heterocycles. The van der Waals surface area contributed by atoms with Gasteiger partial charge in [-0.3, -0.25) is 4.90 Å². The van der Waals surface area contributed by atoms with Crippen LogP contribution in [0.1, 0.15) is 58.9 Å². The minimum absolute atomic E-state index is 0.171. The van der Waals surface area contributed by atoms with Crippen LogP contribution in [0, 0.1) is 0 Å². The van der Waals surface area contributed by atoms with E-state index in [1.54, 1.807) is 7.11 Å². The Balaban J connectivity index is 2.53. The third-order valence-corrected chi connectivity index (χ3v) is 5.48. The molecule has 0 spiro atoms. The lowest BCUT2D eigenvalue weighted by Crippen LogP contribution is -2.51. The molecule has 2 aromatic rings. The number of carbonyl (C=O) groups excluding carboxylic acids is 1. The maximum Gasteiger partial charge on any atom is 0.330 e. The molecule has 28 heavy (non-hydrogen) atoms. The van der Waals surface area contributed by atoms with E-state index in [1.807, 2.05) is 32.0 Å². The average Bonchev–Trinajstić information content (AvgIpc) is 2.72. The molecule has 4 nitrogen and oxygen atoms in total. The maximum absolute atomic E-state index is 13.2. The van der Waals surface area contributed by atoms with Crippen LogP contribution in [-0.4, -0.2) is 37.7 Å². The van der Waals surface area contributed by atoms with Gasteiger partial charge in [-0.2, -0.15) is 0 Å². The van der Waals surface area contributed by atoms with Gasteiger partial charge < -0.3 is 9.47 Å². The largest absolute Gasteiger partial charge is 0.497 e. The van der Waals surface area contributed by atoms with Crippen LogP contribution in [0.25, 0.3) is 10.8 Å². The van der Waals surface area contributed by atoms with Crippen LogP contribution in [0.5, 0.6) is 5.75 Å². The molecule has 4 heteroatoms. The minimum atomic E-state index is -0.797. The molecule has 0 fully saturated rings. The third-order valence-electron chi connectivity index (χ3n) is 5.48. The zero-order valence-corrected chi connectivity index (χ0v) is 18.1. The van der Waals surface area contributed by atoms with Crippen molar-refractivity contribution >= 4 is 16.7 Å². The fourth-order valence-corrected chi connectivity index (χ4v) is 3.61. The summed E-state index contributed by atoms with van der Waals surface area (Å²) in [5.41, 5.74) is 0.185. The fourth-order valence-electron chi connectivity index (χ4n) is 3.61. The summed E-state index contributed by atoms with van der Waals surface area (Å²) in [5.74, 6) is 0.663. The van der Waals surface area contributed by atoms with E-state index in [-0.39, 0.29) is 5.97 Å². The summed E-state index contributed by atoms with van der Waals surface area (Å²) in [6, 6.07) is 12.3. The van der Waals surface area contributed by atoms with Gasteiger partial charge in [0.1, 0.15) is 11.3 Å². The first kappa shape index (κ1) is 22.2. The molecule has 0 aliphatic rings. The van der Waals surface area contributed by atoms with Crippen molar-refractivity contribution in [3.63, 3.8) is 0 Å². The van der Waals surface area contributed by atoms with Crippen molar-refractivity contribution in [1.82, 2.24) is 4.90 Å². The van der Waals surface area contributed by atoms with Crippen molar-refractivity contribution < 1.29 is 14.3 Å². The van der Waals surface area contributed by atoms with Crippen LogP contribution >= 0.6 is 0 Å². The van der Waals surface area contributed by atoms with Crippen molar-refractivity contribution in [3.8, 4) is 5.75 Å². The molecular weight excluding hydrogens is 350 g/mol. The average molecular weight is 386 g/mol. The number of benzene rings is 2. The van der Waals surface area contributed by atoms with Crippen LogP contribution < -0.4 is 4.74 Å². The van der Waals surface area contributed by atoms with Gasteiger partial charge in [-0.1, -0.05) is 44.9 Å². The zero-order valence-electron chi connectivity index (χ0n) is 18.1. The highest BCUT2D eigenvalue weighted by Gasteiger charge is 2.42. The molecule has 0 radical (unpaired) electrons. The molecule has 0 aliphatic carbocycles. The summed E-state index contributed by atoms with van der Waals surface area (Å²) in [6.45, 7) is 10.4. The van der Waals surface area contributed by atoms with Gasteiger partial charge in [-0.15, -0.1) is 0 Å². The predicted octanol–water partition coefficient (Wildman–Crippen LogP) is 5.53.